The summed E-state index contributed by atoms with van der Waals surface area (Å²) in [4.78, 5) is 0. The minimum absolute atomic E-state index is 0.191. The number of hydrogen-bond acceptors (Lipinski definition) is 4. The van der Waals surface area contributed by atoms with Gasteiger partial charge in [-0.15, -0.1) is 0 Å². The number of halogens is 1. The van der Waals surface area contributed by atoms with E-state index in [2.05, 4.69) is 0 Å². The largest absolute Gasteiger partial charge is 0.525 e. The maximum Gasteiger partial charge on any atom is 0.525 e. The second kappa shape index (κ2) is 5.53. The number of hydrogen-bond donors (Lipinski definition) is 0. The Hall–Kier alpha value is -1.53. The zero-order valence-electron chi connectivity index (χ0n) is 14.2. The first-order valence-corrected chi connectivity index (χ1v) is 7.76. The molecule has 6 heteroatoms. The second-order valence-corrected chi connectivity index (χ2v) is 6.98. The highest BCUT2D eigenvalue weighted by Gasteiger charge is 2.53. The lowest BCUT2D eigenvalue weighted by Crippen LogP contribution is -2.41. The van der Waals surface area contributed by atoms with Crippen LogP contribution >= 0.6 is 0 Å². The zero-order valence-corrected chi connectivity index (χ0v) is 14.2. The standard InChI is InChI=1S/C17H22BFO4/c1-16(2)17(3,4)23-18(22-16)15(19)12-8-11-6-7-13(20-5)9-14(11)21-10-12/h6-7,9H,8,10H2,1-5H3. The van der Waals surface area contributed by atoms with Crippen LogP contribution in [-0.4, -0.2) is 32.0 Å². The molecule has 23 heavy (non-hydrogen) atoms. The second-order valence-electron chi connectivity index (χ2n) is 6.98. The highest BCUT2D eigenvalue weighted by Crippen LogP contribution is 2.40. The van der Waals surface area contributed by atoms with Crippen molar-refractivity contribution < 1.29 is 23.2 Å². The Bertz CT molecular complexity index is 638. The van der Waals surface area contributed by atoms with Crippen LogP contribution in [0.1, 0.15) is 33.3 Å². The van der Waals surface area contributed by atoms with E-state index < -0.39 is 18.3 Å². The van der Waals surface area contributed by atoms with Crippen molar-refractivity contribution in [1.82, 2.24) is 0 Å². The maximum absolute atomic E-state index is 14.8. The predicted octanol–water partition coefficient (Wildman–Crippen LogP) is 3.49. The molecule has 0 aromatic heterocycles. The van der Waals surface area contributed by atoms with E-state index in [0.717, 1.165) is 17.1 Å². The first-order chi connectivity index (χ1) is 10.7. The molecule has 0 atom stereocenters. The van der Waals surface area contributed by atoms with Crippen LogP contribution in [0.5, 0.6) is 11.5 Å². The summed E-state index contributed by atoms with van der Waals surface area (Å²) in [6, 6.07) is 5.56. The van der Waals surface area contributed by atoms with Crippen LogP contribution in [-0.2, 0) is 15.7 Å². The Morgan fingerprint density at radius 1 is 1.17 bits per heavy atom. The zero-order chi connectivity index (χ0) is 16.8. The van der Waals surface area contributed by atoms with Gasteiger partial charge < -0.3 is 18.8 Å². The number of methoxy groups -OCH3 is 1. The summed E-state index contributed by atoms with van der Waals surface area (Å²) in [5.41, 5.74) is -0.0165. The van der Waals surface area contributed by atoms with Crippen molar-refractivity contribution in [3.05, 3.63) is 35.1 Å². The minimum Gasteiger partial charge on any atom is -0.497 e. The third-order valence-electron chi connectivity index (χ3n) is 4.88. The minimum atomic E-state index is -0.974. The number of rotatable bonds is 2. The van der Waals surface area contributed by atoms with Gasteiger partial charge in [-0.3, -0.25) is 0 Å². The first kappa shape index (κ1) is 16.3. The van der Waals surface area contributed by atoms with E-state index in [-0.39, 0.29) is 12.3 Å². The monoisotopic (exact) mass is 320 g/mol. The van der Waals surface area contributed by atoms with Gasteiger partial charge in [0.15, 0.2) is 0 Å². The van der Waals surface area contributed by atoms with Gasteiger partial charge in [-0.05, 0) is 44.9 Å². The van der Waals surface area contributed by atoms with Gasteiger partial charge in [0, 0.05) is 12.5 Å². The third-order valence-corrected chi connectivity index (χ3v) is 4.88. The molecule has 4 nitrogen and oxygen atoms in total. The molecular formula is C17H22BFO4. The van der Waals surface area contributed by atoms with Gasteiger partial charge in [0.2, 0.25) is 0 Å². The SMILES string of the molecule is COc1ccc2c(c1)OCC(=C(F)B1OC(C)(C)C(C)(C)O1)C2. The van der Waals surface area contributed by atoms with E-state index in [9.17, 15) is 4.39 Å². The molecule has 0 spiro atoms. The van der Waals surface area contributed by atoms with Gasteiger partial charge in [0.25, 0.3) is 0 Å². The molecular weight excluding hydrogens is 298 g/mol. The molecule has 0 aliphatic carbocycles. The van der Waals surface area contributed by atoms with Crippen LogP contribution < -0.4 is 9.47 Å². The van der Waals surface area contributed by atoms with Gasteiger partial charge in [-0.25, -0.2) is 4.39 Å². The van der Waals surface area contributed by atoms with Gasteiger partial charge in [-0.1, -0.05) is 6.07 Å². The highest BCUT2D eigenvalue weighted by atomic mass is 19.1. The Balaban J connectivity index is 1.83. The number of fused-ring (bicyclic) bond motifs is 1. The molecule has 1 aromatic rings. The van der Waals surface area contributed by atoms with E-state index in [1.165, 1.54) is 0 Å². The molecule has 2 aliphatic rings. The van der Waals surface area contributed by atoms with Gasteiger partial charge in [0.1, 0.15) is 23.8 Å². The molecule has 1 fully saturated rings. The van der Waals surface area contributed by atoms with Crippen molar-refractivity contribution in [3.8, 4) is 11.5 Å². The topological polar surface area (TPSA) is 36.9 Å². The van der Waals surface area contributed by atoms with Gasteiger partial charge >= 0.3 is 7.12 Å². The number of ether oxygens (including phenoxy) is 2. The quantitative estimate of drug-likeness (QED) is 0.782. The van der Waals surface area contributed by atoms with Crippen LogP contribution in [0.2, 0.25) is 0 Å². The Morgan fingerprint density at radius 3 is 2.43 bits per heavy atom. The lowest BCUT2D eigenvalue weighted by molar-refractivity contribution is 0.00578. The lowest BCUT2D eigenvalue weighted by Gasteiger charge is -2.32. The first-order valence-electron chi connectivity index (χ1n) is 7.76. The maximum atomic E-state index is 14.8. The molecule has 124 valence electrons. The molecule has 2 heterocycles. The van der Waals surface area contributed by atoms with Gasteiger partial charge in [-0.2, -0.15) is 0 Å². The smallest absolute Gasteiger partial charge is 0.497 e. The van der Waals surface area contributed by atoms with E-state index in [0.29, 0.717) is 12.0 Å². The molecule has 1 aromatic carbocycles. The van der Waals surface area contributed by atoms with Crippen LogP contribution in [0.25, 0.3) is 0 Å². The van der Waals surface area contributed by atoms with Crippen molar-refractivity contribution in [2.75, 3.05) is 13.7 Å². The summed E-state index contributed by atoms with van der Waals surface area (Å²) in [6.45, 7) is 7.82. The summed E-state index contributed by atoms with van der Waals surface area (Å²) < 4.78 is 37.2. The summed E-state index contributed by atoms with van der Waals surface area (Å²) in [5, 5.41) is 0. The lowest BCUT2D eigenvalue weighted by atomic mass is 9.82. The Labute approximate surface area is 136 Å². The molecule has 0 unspecified atom stereocenters. The Kier molecular flexibility index (Phi) is 3.93. The van der Waals surface area contributed by atoms with Crippen LogP contribution in [0, 0.1) is 0 Å². The predicted molar refractivity (Wildman–Crippen MR) is 86.4 cm³/mol. The van der Waals surface area contributed by atoms with Crippen molar-refractivity contribution >= 4 is 7.12 Å². The fraction of sp³-hybridized carbons (Fsp3) is 0.529. The average molecular weight is 320 g/mol. The normalized spacial score (nSPS) is 24.0. The van der Waals surface area contributed by atoms with Crippen LogP contribution in [0.4, 0.5) is 4.39 Å². The summed E-state index contributed by atoms with van der Waals surface area (Å²) in [7, 11) is 0.631. The van der Waals surface area contributed by atoms with Gasteiger partial charge in [0.05, 0.1) is 18.3 Å². The van der Waals surface area contributed by atoms with Crippen LogP contribution in [0.15, 0.2) is 29.5 Å². The van der Waals surface area contributed by atoms with Crippen molar-refractivity contribution in [3.63, 3.8) is 0 Å². The summed E-state index contributed by atoms with van der Waals surface area (Å²) in [5.74, 6) is 1.46. The van der Waals surface area contributed by atoms with Crippen molar-refractivity contribution in [1.29, 1.82) is 0 Å². The fourth-order valence-corrected chi connectivity index (χ4v) is 2.65. The third kappa shape index (κ3) is 2.86. The molecule has 0 radical (unpaired) electrons. The molecule has 0 bridgehead atoms. The summed E-state index contributed by atoms with van der Waals surface area (Å²) in [6.07, 6.45) is 0.481. The molecule has 0 amide bonds. The van der Waals surface area contributed by atoms with E-state index >= 15 is 0 Å². The molecule has 3 rings (SSSR count). The molecule has 1 saturated heterocycles. The molecule has 0 N–H and O–H groups in total. The van der Waals surface area contributed by atoms with E-state index in [1.54, 1.807) is 7.11 Å². The Morgan fingerprint density at radius 2 is 1.83 bits per heavy atom. The summed E-state index contributed by atoms with van der Waals surface area (Å²) >= 11 is 0. The fourth-order valence-electron chi connectivity index (χ4n) is 2.65. The number of benzene rings is 1. The van der Waals surface area contributed by atoms with E-state index in [1.807, 2.05) is 45.9 Å². The van der Waals surface area contributed by atoms with Crippen molar-refractivity contribution in [2.45, 2.75) is 45.3 Å². The highest BCUT2D eigenvalue weighted by molar-refractivity contribution is 6.53. The van der Waals surface area contributed by atoms with Crippen molar-refractivity contribution in [2.24, 2.45) is 0 Å². The average Bonchev–Trinajstić information content (AvgIpc) is 2.73. The van der Waals surface area contributed by atoms with E-state index in [4.69, 9.17) is 18.8 Å². The molecule has 2 aliphatic heterocycles. The molecule has 0 saturated carbocycles. The van der Waals surface area contributed by atoms with Crippen LogP contribution in [0.3, 0.4) is 0 Å².